The number of aliphatic hydroxyl groups excluding tert-OH is 1. The molecule has 0 aromatic heterocycles. The van der Waals surface area contributed by atoms with Crippen LogP contribution in [0.4, 0.5) is 0 Å². The Morgan fingerprint density at radius 2 is 1.79 bits per heavy atom. The first-order valence-corrected chi connectivity index (χ1v) is 13.3. The van der Waals surface area contributed by atoms with Crippen LogP contribution >= 0.6 is 11.6 Å². The first-order chi connectivity index (χ1) is 13.3. The number of hydrogen-bond donors (Lipinski definition) is 1. The summed E-state index contributed by atoms with van der Waals surface area (Å²) in [5.74, 6) is 4.03. The van der Waals surface area contributed by atoms with Crippen LogP contribution in [0.15, 0.2) is 42.5 Å². The second-order valence-electron chi connectivity index (χ2n) is 7.80. The average molecular weight is 417 g/mol. The summed E-state index contributed by atoms with van der Waals surface area (Å²) in [7, 11) is 0.290. The largest absolute Gasteiger partial charge is 0.497 e. The van der Waals surface area contributed by atoms with Gasteiger partial charge in [0.25, 0.3) is 0 Å². The Morgan fingerprint density at radius 1 is 1.07 bits per heavy atom. The normalized spacial score (nSPS) is 12.2. The highest BCUT2D eigenvalue weighted by atomic mass is 35.5. The summed E-state index contributed by atoms with van der Waals surface area (Å²) in [4.78, 5) is 0. The van der Waals surface area contributed by atoms with Gasteiger partial charge in [-0.2, -0.15) is 0 Å². The van der Waals surface area contributed by atoms with Gasteiger partial charge in [-0.05, 0) is 47.4 Å². The topological polar surface area (TPSA) is 38.7 Å². The van der Waals surface area contributed by atoms with E-state index in [0.717, 1.165) is 22.4 Å². The maximum absolute atomic E-state index is 10.5. The summed E-state index contributed by atoms with van der Waals surface area (Å²) in [5.41, 5.74) is 6.12. The lowest BCUT2D eigenvalue weighted by atomic mass is 10.0. The van der Waals surface area contributed by atoms with E-state index in [1.54, 1.807) is 7.11 Å². The van der Waals surface area contributed by atoms with Crippen molar-refractivity contribution >= 4 is 19.7 Å². The van der Waals surface area contributed by atoms with E-state index in [1.807, 2.05) is 42.5 Å². The van der Waals surface area contributed by atoms with Crippen LogP contribution in [-0.4, -0.2) is 20.3 Å². The Kier molecular flexibility index (Phi) is 8.59. The van der Waals surface area contributed by atoms with Crippen LogP contribution in [-0.2, 0) is 18.0 Å². The molecule has 0 saturated carbocycles. The van der Waals surface area contributed by atoms with Gasteiger partial charge >= 0.3 is 0 Å². The Morgan fingerprint density at radius 3 is 2.43 bits per heavy atom. The van der Waals surface area contributed by atoms with Gasteiger partial charge in [0.2, 0.25) is 0 Å². The van der Waals surface area contributed by atoms with Gasteiger partial charge in [-0.25, -0.2) is 0 Å². The van der Waals surface area contributed by atoms with Gasteiger partial charge in [0.05, 0.1) is 26.4 Å². The van der Waals surface area contributed by atoms with Crippen molar-refractivity contribution in [3.05, 3.63) is 64.2 Å². The minimum Gasteiger partial charge on any atom is -0.497 e. The minimum absolute atomic E-state index is 0.390. The molecule has 0 amide bonds. The molecule has 0 aliphatic rings. The zero-order valence-corrected chi connectivity index (χ0v) is 18.8. The van der Waals surface area contributed by atoms with Crippen LogP contribution in [0.3, 0.4) is 0 Å². The molecule has 150 valence electrons. The zero-order chi connectivity index (χ0) is 20.6. The molecule has 5 heteroatoms. The Balaban J connectivity index is 1.91. The van der Waals surface area contributed by atoms with Crippen LogP contribution in [0.2, 0.25) is 24.7 Å². The summed E-state index contributed by atoms with van der Waals surface area (Å²) < 4.78 is 11.0. The van der Waals surface area contributed by atoms with Crippen molar-refractivity contribution in [2.75, 3.05) is 7.11 Å². The third-order valence-electron chi connectivity index (χ3n) is 4.15. The van der Waals surface area contributed by atoms with Crippen LogP contribution in [0.1, 0.15) is 35.6 Å². The van der Waals surface area contributed by atoms with Gasteiger partial charge in [0.1, 0.15) is 13.8 Å². The number of halogens is 1. The summed E-state index contributed by atoms with van der Waals surface area (Å²) in [6.07, 6.45) is 0.761. The number of benzene rings is 2. The Labute approximate surface area is 174 Å². The van der Waals surface area contributed by atoms with Crippen molar-refractivity contribution < 1.29 is 14.6 Å². The summed E-state index contributed by atoms with van der Waals surface area (Å²) in [6, 6.07) is 13.4. The van der Waals surface area contributed by atoms with Gasteiger partial charge in [-0.1, -0.05) is 49.4 Å². The van der Waals surface area contributed by atoms with Crippen LogP contribution in [0, 0.1) is 11.5 Å². The van der Waals surface area contributed by atoms with E-state index in [-0.39, 0.29) is 0 Å². The molecule has 1 N–H and O–H groups in total. The van der Waals surface area contributed by atoms with E-state index >= 15 is 0 Å². The van der Waals surface area contributed by atoms with Gasteiger partial charge < -0.3 is 14.6 Å². The van der Waals surface area contributed by atoms with E-state index in [1.165, 1.54) is 0 Å². The summed E-state index contributed by atoms with van der Waals surface area (Å²) in [6.45, 7) is 7.52. The molecule has 0 radical (unpaired) electrons. The maximum Gasteiger partial charge on any atom is 0.129 e. The minimum atomic E-state index is -1.36. The fraction of sp³-hybridized carbons (Fsp3) is 0.391. The quantitative estimate of drug-likeness (QED) is 0.439. The van der Waals surface area contributed by atoms with Crippen molar-refractivity contribution in [1.29, 1.82) is 0 Å². The second-order valence-corrected chi connectivity index (χ2v) is 13.0. The Hall–Kier alpha value is -1.77. The zero-order valence-electron chi connectivity index (χ0n) is 17.1. The molecule has 3 nitrogen and oxygen atoms in total. The highest BCUT2D eigenvalue weighted by Gasteiger charge is 2.11. The van der Waals surface area contributed by atoms with Crippen molar-refractivity contribution in [3.8, 4) is 17.2 Å². The van der Waals surface area contributed by atoms with Gasteiger partial charge in [0, 0.05) is 11.4 Å². The number of methoxy groups -OCH3 is 1. The molecular weight excluding hydrogens is 388 g/mol. The monoisotopic (exact) mass is 416 g/mol. The number of rotatable bonds is 8. The standard InChI is InChI=1S/C23H29ClO3Si/c1-26-21-11-8-18(9-12-21)16-27-17-20-15-19(10-13-22(20)24)23(25)7-5-6-14-28(2,3)4/h8-13,15,23,25H,5,7,16-17H2,1-4H3. The third kappa shape index (κ3) is 7.69. The molecule has 2 aromatic carbocycles. The SMILES string of the molecule is COc1ccc(COCc2cc(C(O)CCC#C[Si](C)(C)C)ccc2Cl)cc1. The third-order valence-corrected chi connectivity index (χ3v) is 5.44. The molecule has 1 atom stereocenters. The van der Waals surface area contributed by atoms with Gasteiger partial charge in [0.15, 0.2) is 0 Å². The van der Waals surface area contributed by atoms with Crippen molar-refractivity contribution in [2.24, 2.45) is 0 Å². The van der Waals surface area contributed by atoms with Crippen LogP contribution in [0.5, 0.6) is 5.75 Å². The maximum atomic E-state index is 10.5. The first kappa shape index (κ1) is 22.5. The molecule has 0 aliphatic carbocycles. The molecule has 2 rings (SSSR count). The molecule has 0 fully saturated rings. The predicted octanol–water partition coefficient (Wildman–Crippen LogP) is 5.76. The number of ether oxygens (including phenoxy) is 2. The predicted molar refractivity (Wildman–Crippen MR) is 118 cm³/mol. The molecule has 0 aliphatic heterocycles. The van der Waals surface area contributed by atoms with E-state index < -0.39 is 14.2 Å². The average Bonchev–Trinajstić information content (AvgIpc) is 2.66. The molecule has 28 heavy (non-hydrogen) atoms. The van der Waals surface area contributed by atoms with Gasteiger partial charge in [-0.3, -0.25) is 0 Å². The Bertz CT molecular complexity index is 816. The highest BCUT2D eigenvalue weighted by Crippen LogP contribution is 2.25. The lowest BCUT2D eigenvalue weighted by Crippen LogP contribution is -2.16. The number of aliphatic hydroxyl groups is 1. The van der Waals surface area contributed by atoms with Crippen LogP contribution < -0.4 is 4.74 Å². The first-order valence-electron chi connectivity index (χ1n) is 9.45. The molecular formula is C23H29ClO3Si. The fourth-order valence-electron chi connectivity index (χ4n) is 2.62. The second kappa shape index (κ2) is 10.7. The molecule has 0 saturated heterocycles. The van der Waals surface area contributed by atoms with Crippen molar-refractivity contribution in [2.45, 2.75) is 51.8 Å². The van der Waals surface area contributed by atoms with E-state index in [0.29, 0.717) is 31.1 Å². The fourth-order valence-corrected chi connectivity index (χ4v) is 3.44. The molecule has 0 heterocycles. The molecule has 0 bridgehead atoms. The lowest BCUT2D eigenvalue weighted by Gasteiger charge is -2.13. The van der Waals surface area contributed by atoms with Crippen LogP contribution in [0.25, 0.3) is 0 Å². The molecule has 1 unspecified atom stereocenters. The molecule has 2 aromatic rings. The highest BCUT2D eigenvalue weighted by molar-refractivity contribution is 6.83. The van der Waals surface area contributed by atoms with Crippen molar-refractivity contribution in [1.82, 2.24) is 0 Å². The number of hydrogen-bond acceptors (Lipinski definition) is 3. The van der Waals surface area contributed by atoms with E-state index in [2.05, 4.69) is 31.1 Å². The smallest absolute Gasteiger partial charge is 0.129 e. The van der Waals surface area contributed by atoms with E-state index in [4.69, 9.17) is 21.1 Å². The summed E-state index contributed by atoms with van der Waals surface area (Å²) in [5, 5.41) is 11.1. The van der Waals surface area contributed by atoms with Crippen molar-refractivity contribution in [3.63, 3.8) is 0 Å². The van der Waals surface area contributed by atoms with E-state index in [9.17, 15) is 5.11 Å². The van der Waals surface area contributed by atoms with Gasteiger partial charge in [-0.15, -0.1) is 11.5 Å². The summed E-state index contributed by atoms with van der Waals surface area (Å²) >= 11 is 6.30. The lowest BCUT2D eigenvalue weighted by molar-refractivity contribution is 0.107. The molecule has 0 spiro atoms.